The van der Waals surface area contributed by atoms with Crippen LogP contribution in [0, 0.1) is 0 Å². The van der Waals surface area contributed by atoms with Crippen LogP contribution in [-0.2, 0) is 20.6 Å². The lowest BCUT2D eigenvalue weighted by molar-refractivity contribution is 0.485. The Labute approximate surface area is 165 Å². The Kier molecular flexibility index (Phi) is 6.83. The lowest BCUT2D eigenvalue weighted by Gasteiger charge is -2.15. The predicted octanol–water partition coefficient (Wildman–Crippen LogP) is 2.58. The minimum Gasteiger partial charge on any atom is -0.371 e. The van der Waals surface area contributed by atoms with Gasteiger partial charge in [-0.15, -0.1) is 0 Å². The maximum absolute atomic E-state index is 11.0. The Bertz CT molecular complexity index is 971. The summed E-state index contributed by atoms with van der Waals surface area (Å²) in [6, 6.07) is 13.2. The van der Waals surface area contributed by atoms with Crippen molar-refractivity contribution in [2.24, 2.45) is 10.3 Å². The predicted molar refractivity (Wildman–Crippen MR) is 108 cm³/mol. The maximum Gasteiger partial charge on any atom is 0.380 e. The number of allylic oxidation sites excluding steroid dienone is 2. The van der Waals surface area contributed by atoms with Crippen LogP contribution in [0.2, 0.25) is 0 Å². The van der Waals surface area contributed by atoms with E-state index in [1.54, 1.807) is 24.3 Å². The average Bonchev–Trinajstić information content (AvgIpc) is 2.59. The molecule has 0 atom stereocenters. The summed E-state index contributed by atoms with van der Waals surface area (Å²) >= 11 is 0. The summed E-state index contributed by atoms with van der Waals surface area (Å²) in [6.07, 6.45) is 1.46. The molecule has 0 spiro atoms. The summed E-state index contributed by atoms with van der Waals surface area (Å²) in [4.78, 5) is 0. The number of hydrogen-bond acceptors (Lipinski definition) is 6. The average molecular weight is 427 g/mol. The second kappa shape index (κ2) is 8.74. The molecule has 2 aromatic carbocycles. The summed E-state index contributed by atoms with van der Waals surface area (Å²) in [5.41, 5.74) is 3.94. The lowest BCUT2D eigenvalue weighted by Crippen LogP contribution is -2.18. The van der Waals surface area contributed by atoms with Crippen molar-refractivity contribution >= 4 is 31.8 Å². The minimum absolute atomic E-state index is 0.129. The molecule has 0 aliphatic heterocycles. The Morgan fingerprint density at radius 1 is 0.679 bits per heavy atom. The van der Waals surface area contributed by atoms with Gasteiger partial charge in [-0.25, -0.2) is 0 Å². The van der Waals surface area contributed by atoms with Gasteiger partial charge in [0, 0.05) is 0 Å². The van der Waals surface area contributed by atoms with E-state index in [1.165, 1.54) is 24.3 Å². The van der Waals surface area contributed by atoms with Crippen molar-refractivity contribution in [3.05, 3.63) is 59.7 Å². The van der Waals surface area contributed by atoms with E-state index >= 15 is 0 Å². The standard InChI is InChI=1S/C18H22N2O6S2/c1-3-17(13-5-9-15(10-6-13)25-27(19,21)22)18(4-2)14-7-11-16(12-8-14)26-28(20,23)24/h5-12H,3-4H2,1-2H3,(H2,19,21,22)(H2,20,23,24)/b18-17+. The second-order valence-electron chi connectivity index (χ2n) is 5.87. The smallest absolute Gasteiger partial charge is 0.371 e. The Morgan fingerprint density at radius 2 is 0.964 bits per heavy atom. The maximum atomic E-state index is 11.0. The van der Waals surface area contributed by atoms with Gasteiger partial charge in [0.15, 0.2) is 0 Å². The first-order valence-corrected chi connectivity index (χ1v) is 11.3. The van der Waals surface area contributed by atoms with Crippen LogP contribution in [0.5, 0.6) is 11.5 Å². The first kappa shape index (κ1) is 21.9. The zero-order chi connectivity index (χ0) is 20.9. The van der Waals surface area contributed by atoms with Crippen LogP contribution in [0.25, 0.3) is 11.1 Å². The molecule has 10 heteroatoms. The van der Waals surface area contributed by atoms with Crippen molar-refractivity contribution < 1.29 is 25.2 Å². The molecule has 0 fully saturated rings. The fourth-order valence-electron chi connectivity index (χ4n) is 2.88. The molecule has 8 nitrogen and oxygen atoms in total. The second-order valence-corrected chi connectivity index (χ2v) is 8.17. The van der Waals surface area contributed by atoms with E-state index in [4.69, 9.17) is 10.3 Å². The van der Waals surface area contributed by atoms with E-state index in [0.717, 1.165) is 35.1 Å². The fraction of sp³-hybridized carbons (Fsp3) is 0.222. The van der Waals surface area contributed by atoms with Gasteiger partial charge < -0.3 is 8.37 Å². The highest BCUT2D eigenvalue weighted by Gasteiger charge is 2.12. The third-order valence-corrected chi connectivity index (χ3v) is 4.75. The van der Waals surface area contributed by atoms with Crippen molar-refractivity contribution in [3.63, 3.8) is 0 Å². The topological polar surface area (TPSA) is 139 Å². The Morgan fingerprint density at radius 3 is 1.18 bits per heavy atom. The third kappa shape index (κ3) is 6.34. The number of rotatable bonds is 8. The van der Waals surface area contributed by atoms with Gasteiger partial charge in [0.05, 0.1) is 0 Å². The van der Waals surface area contributed by atoms with Crippen LogP contribution >= 0.6 is 0 Å². The molecular weight excluding hydrogens is 404 g/mol. The fourth-order valence-corrected chi connectivity index (χ4v) is 3.63. The van der Waals surface area contributed by atoms with Gasteiger partial charge in [-0.1, -0.05) is 38.1 Å². The summed E-state index contributed by atoms with van der Waals surface area (Å²) in [6.45, 7) is 4.02. The van der Waals surface area contributed by atoms with Crippen LogP contribution in [0.3, 0.4) is 0 Å². The Balaban J connectivity index is 2.39. The first-order chi connectivity index (χ1) is 13.0. The normalized spacial score (nSPS) is 13.0. The van der Waals surface area contributed by atoms with Gasteiger partial charge in [-0.05, 0) is 59.4 Å². The van der Waals surface area contributed by atoms with E-state index < -0.39 is 20.6 Å². The van der Waals surface area contributed by atoms with Crippen molar-refractivity contribution in [2.45, 2.75) is 26.7 Å². The molecule has 28 heavy (non-hydrogen) atoms. The summed E-state index contributed by atoms with van der Waals surface area (Å²) in [7, 11) is -8.15. The molecule has 0 aliphatic carbocycles. The third-order valence-electron chi connectivity index (χ3n) is 3.90. The van der Waals surface area contributed by atoms with Gasteiger partial charge in [0.2, 0.25) is 0 Å². The molecule has 4 N–H and O–H groups in total. The quantitative estimate of drug-likeness (QED) is 0.622. The van der Waals surface area contributed by atoms with Crippen LogP contribution in [-0.4, -0.2) is 16.8 Å². The van der Waals surface area contributed by atoms with Crippen LogP contribution < -0.4 is 18.6 Å². The molecule has 0 radical (unpaired) electrons. The molecule has 0 saturated carbocycles. The van der Waals surface area contributed by atoms with Crippen LogP contribution in [0.15, 0.2) is 48.5 Å². The van der Waals surface area contributed by atoms with E-state index in [9.17, 15) is 16.8 Å². The molecule has 0 saturated heterocycles. The SMILES string of the molecule is CC/C(=C(/CC)c1ccc(OS(N)(=O)=O)cc1)c1ccc(OS(N)(=O)=O)cc1. The van der Waals surface area contributed by atoms with Crippen molar-refractivity contribution in [3.8, 4) is 11.5 Å². The highest BCUT2D eigenvalue weighted by Crippen LogP contribution is 2.33. The van der Waals surface area contributed by atoms with Crippen molar-refractivity contribution in [2.75, 3.05) is 0 Å². The largest absolute Gasteiger partial charge is 0.380 e. The van der Waals surface area contributed by atoms with E-state index in [1.807, 2.05) is 13.8 Å². The molecule has 2 aromatic rings. The Hall–Kier alpha value is -2.40. The monoisotopic (exact) mass is 426 g/mol. The van der Waals surface area contributed by atoms with E-state index in [0.29, 0.717) is 0 Å². The molecule has 152 valence electrons. The molecule has 0 amide bonds. The molecule has 0 aromatic heterocycles. The number of benzene rings is 2. The van der Waals surface area contributed by atoms with Gasteiger partial charge >= 0.3 is 20.6 Å². The van der Waals surface area contributed by atoms with Gasteiger partial charge in [0.1, 0.15) is 11.5 Å². The molecule has 0 aliphatic rings. The zero-order valence-electron chi connectivity index (χ0n) is 15.5. The van der Waals surface area contributed by atoms with Crippen LogP contribution in [0.1, 0.15) is 37.8 Å². The summed E-state index contributed by atoms with van der Waals surface area (Å²) in [5, 5.41) is 9.75. The summed E-state index contributed by atoms with van der Waals surface area (Å²) < 4.78 is 53.4. The summed E-state index contributed by atoms with van der Waals surface area (Å²) in [5.74, 6) is 0.258. The first-order valence-electron chi connectivity index (χ1n) is 8.39. The number of hydrogen-bond donors (Lipinski definition) is 2. The highest BCUT2D eigenvalue weighted by atomic mass is 32.2. The molecule has 0 bridgehead atoms. The molecule has 0 unspecified atom stereocenters. The van der Waals surface area contributed by atoms with Crippen molar-refractivity contribution in [1.29, 1.82) is 0 Å². The lowest BCUT2D eigenvalue weighted by atomic mass is 9.91. The highest BCUT2D eigenvalue weighted by molar-refractivity contribution is 7.85. The van der Waals surface area contributed by atoms with Crippen LogP contribution in [0.4, 0.5) is 0 Å². The zero-order valence-corrected chi connectivity index (χ0v) is 17.1. The minimum atomic E-state index is -4.07. The molecule has 2 rings (SSSR count). The van der Waals surface area contributed by atoms with Gasteiger partial charge in [-0.2, -0.15) is 27.1 Å². The van der Waals surface area contributed by atoms with Gasteiger partial charge in [0.25, 0.3) is 0 Å². The number of nitrogens with two attached hydrogens (primary N) is 2. The van der Waals surface area contributed by atoms with E-state index in [2.05, 4.69) is 8.37 Å². The van der Waals surface area contributed by atoms with E-state index in [-0.39, 0.29) is 11.5 Å². The van der Waals surface area contributed by atoms with Crippen molar-refractivity contribution in [1.82, 2.24) is 0 Å². The molecular formula is C18H22N2O6S2. The molecule has 0 heterocycles. The van der Waals surface area contributed by atoms with Gasteiger partial charge in [-0.3, -0.25) is 0 Å².